The van der Waals surface area contributed by atoms with Gasteiger partial charge in [0.2, 0.25) is 0 Å². The van der Waals surface area contributed by atoms with E-state index in [1.165, 1.54) is 12.1 Å². The standard InChI is InChI=1S/C33H34FNO3/c1-4-38-33(36)22-32(29-18-28(19-30(34)20-29)27-16-11-17-31(21-27)37-3)35(23-25-12-7-5-8-13-25)24(2)26-14-9-6-10-15-26/h5-21,24,32H,4,22-23H2,1-3H3/t24-,32?/m1/s1. The van der Waals surface area contributed by atoms with E-state index in [0.717, 1.165) is 27.8 Å². The monoisotopic (exact) mass is 511 g/mol. The molecule has 0 aromatic heterocycles. The lowest BCUT2D eigenvalue weighted by molar-refractivity contribution is -0.145. The summed E-state index contributed by atoms with van der Waals surface area (Å²) >= 11 is 0. The van der Waals surface area contributed by atoms with Gasteiger partial charge in [-0.3, -0.25) is 9.69 Å². The number of benzene rings is 4. The Balaban J connectivity index is 1.83. The molecule has 0 saturated heterocycles. The second-order valence-electron chi connectivity index (χ2n) is 9.27. The molecule has 2 atom stereocenters. The van der Waals surface area contributed by atoms with E-state index < -0.39 is 6.04 Å². The van der Waals surface area contributed by atoms with Crippen LogP contribution in [0.25, 0.3) is 11.1 Å². The summed E-state index contributed by atoms with van der Waals surface area (Å²) in [4.78, 5) is 15.2. The van der Waals surface area contributed by atoms with E-state index in [9.17, 15) is 4.79 Å². The summed E-state index contributed by atoms with van der Waals surface area (Å²) in [5.41, 5.74) is 4.50. The minimum Gasteiger partial charge on any atom is -0.497 e. The first-order valence-electron chi connectivity index (χ1n) is 12.9. The zero-order valence-electron chi connectivity index (χ0n) is 22.1. The van der Waals surface area contributed by atoms with Gasteiger partial charge in [0.25, 0.3) is 0 Å². The minimum atomic E-state index is -0.426. The molecule has 5 heteroatoms. The van der Waals surface area contributed by atoms with Crippen LogP contribution in [-0.2, 0) is 16.1 Å². The normalized spacial score (nSPS) is 12.7. The maximum absolute atomic E-state index is 15.2. The van der Waals surface area contributed by atoms with Gasteiger partial charge in [-0.15, -0.1) is 0 Å². The van der Waals surface area contributed by atoms with Gasteiger partial charge >= 0.3 is 5.97 Å². The van der Waals surface area contributed by atoms with Gasteiger partial charge in [-0.05, 0) is 72.0 Å². The van der Waals surface area contributed by atoms with Crippen molar-refractivity contribution >= 4 is 5.97 Å². The van der Waals surface area contributed by atoms with E-state index in [2.05, 4.69) is 36.1 Å². The number of rotatable bonds is 11. The Bertz CT molecular complexity index is 1330. The van der Waals surface area contributed by atoms with Crippen molar-refractivity contribution in [2.75, 3.05) is 13.7 Å². The van der Waals surface area contributed by atoms with Crippen LogP contribution in [0.4, 0.5) is 4.39 Å². The van der Waals surface area contributed by atoms with Crippen LogP contribution in [-0.4, -0.2) is 24.6 Å². The zero-order valence-corrected chi connectivity index (χ0v) is 22.1. The Morgan fingerprint density at radius 1 is 0.842 bits per heavy atom. The van der Waals surface area contributed by atoms with Crippen molar-refractivity contribution in [1.82, 2.24) is 4.90 Å². The molecule has 4 aromatic carbocycles. The van der Waals surface area contributed by atoms with Crippen LogP contribution >= 0.6 is 0 Å². The maximum atomic E-state index is 15.2. The molecule has 0 amide bonds. The zero-order chi connectivity index (χ0) is 26.9. The Morgan fingerprint density at radius 3 is 2.24 bits per heavy atom. The summed E-state index contributed by atoms with van der Waals surface area (Å²) in [7, 11) is 1.61. The largest absolute Gasteiger partial charge is 0.497 e. The lowest BCUT2D eigenvalue weighted by atomic mass is 9.93. The van der Waals surface area contributed by atoms with Crippen LogP contribution in [0, 0.1) is 5.82 Å². The second kappa shape index (κ2) is 13.0. The van der Waals surface area contributed by atoms with E-state index in [1.54, 1.807) is 14.0 Å². The average Bonchev–Trinajstić information content (AvgIpc) is 2.95. The Labute approximate surface area is 224 Å². The first-order chi connectivity index (χ1) is 18.5. The quantitative estimate of drug-likeness (QED) is 0.193. The van der Waals surface area contributed by atoms with Gasteiger partial charge in [-0.2, -0.15) is 0 Å². The third-order valence-electron chi connectivity index (χ3n) is 6.76. The number of halogens is 1. The second-order valence-corrected chi connectivity index (χ2v) is 9.27. The predicted molar refractivity (Wildman–Crippen MR) is 149 cm³/mol. The summed E-state index contributed by atoms with van der Waals surface area (Å²) < 4.78 is 26.0. The molecular weight excluding hydrogens is 477 g/mol. The number of carbonyl (C=O) groups excluding carboxylic acids is 1. The summed E-state index contributed by atoms with van der Waals surface area (Å²) in [6, 6.07) is 32.4. The van der Waals surface area contributed by atoms with Gasteiger partial charge in [0.1, 0.15) is 11.6 Å². The summed E-state index contributed by atoms with van der Waals surface area (Å²) in [5, 5.41) is 0. The van der Waals surface area contributed by atoms with Crippen LogP contribution in [0.2, 0.25) is 0 Å². The van der Waals surface area contributed by atoms with Gasteiger partial charge in [-0.25, -0.2) is 4.39 Å². The first-order valence-corrected chi connectivity index (χ1v) is 12.9. The predicted octanol–water partition coefficient (Wildman–Crippen LogP) is 7.76. The third kappa shape index (κ3) is 6.87. The number of carbonyl (C=O) groups is 1. The molecule has 0 aliphatic carbocycles. The molecule has 0 radical (unpaired) electrons. The lowest BCUT2D eigenvalue weighted by Crippen LogP contribution is -2.33. The molecule has 196 valence electrons. The van der Waals surface area contributed by atoms with Gasteiger partial charge in [0.15, 0.2) is 0 Å². The van der Waals surface area contributed by atoms with E-state index >= 15 is 4.39 Å². The molecule has 4 nitrogen and oxygen atoms in total. The van der Waals surface area contributed by atoms with E-state index in [1.807, 2.05) is 66.7 Å². The first kappa shape index (κ1) is 27.1. The minimum absolute atomic E-state index is 0.0561. The highest BCUT2D eigenvalue weighted by molar-refractivity contribution is 5.71. The topological polar surface area (TPSA) is 38.8 Å². The van der Waals surface area contributed by atoms with Gasteiger partial charge < -0.3 is 9.47 Å². The number of nitrogens with zero attached hydrogens (tertiary/aromatic N) is 1. The Morgan fingerprint density at radius 2 is 1.55 bits per heavy atom. The van der Waals surface area contributed by atoms with Crippen LogP contribution in [0.1, 0.15) is 49.0 Å². The van der Waals surface area contributed by atoms with Crippen molar-refractivity contribution in [2.24, 2.45) is 0 Å². The van der Waals surface area contributed by atoms with Crippen LogP contribution in [0.15, 0.2) is 103 Å². The van der Waals surface area contributed by atoms with Crippen molar-refractivity contribution in [3.8, 4) is 16.9 Å². The van der Waals surface area contributed by atoms with Crippen molar-refractivity contribution in [1.29, 1.82) is 0 Å². The highest BCUT2D eigenvalue weighted by Gasteiger charge is 2.29. The molecule has 0 aliphatic rings. The molecular formula is C33H34FNO3. The fourth-order valence-electron chi connectivity index (χ4n) is 4.81. The van der Waals surface area contributed by atoms with Crippen LogP contribution in [0.3, 0.4) is 0 Å². The van der Waals surface area contributed by atoms with Gasteiger partial charge in [0.05, 0.1) is 20.1 Å². The van der Waals surface area contributed by atoms with Crippen molar-refractivity contribution < 1.29 is 18.7 Å². The summed E-state index contributed by atoms with van der Waals surface area (Å²) in [5.74, 6) is 0.0176. The highest BCUT2D eigenvalue weighted by atomic mass is 19.1. The molecule has 0 spiro atoms. The number of methoxy groups -OCH3 is 1. The average molecular weight is 512 g/mol. The van der Waals surface area contributed by atoms with Crippen molar-refractivity contribution in [3.05, 3.63) is 126 Å². The lowest BCUT2D eigenvalue weighted by Gasteiger charge is -2.37. The molecule has 0 fully saturated rings. The van der Waals surface area contributed by atoms with Gasteiger partial charge in [-0.1, -0.05) is 72.8 Å². The number of hydrogen-bond acceptors (Lipinski definition) is 4. The fraction of sp³-hybridized carbons (Fsp3) is 0.242. The Kier molecular flexibility index (Phi) is 9.28. The molecule has 0 bridgehead atoms. The number of ether oxygens (including phenoxy) is 2. The van der Waals surface area contributed by atoms with Crippen LogP contribution < -0.4 is 4.74 Å². The summed E-state index contributed by atoms with van der Waals surface area (Å²) in [6.45, 7) is 4.78. The van der Waals surface area contributed by atoms with Gasteiger partial charge in [0, 0.05) is 18.6 Å². The molecule has 38 heavy (non-hydrogen) atoms. The smallest absolute Gasteiger partial charge is 0.307 e. The van der Waals surface area contributed by atoms with E-state index in [-0.39, 0.29) is 30.9 Å². The Hall–Kier alpha value is -3.96. The third-order valence-corrected chi connectivity index (χ3v) is 6.76. The van der Waals surface area contributed by atoms with E-state index in [0.29, 0.717) is 12.3 Å². The molecule has 0 aliphatic heterocycles. The SMILES string of the molecule is CCOC(=O)CC(c1cc(F)cc(-c2cccc(OC)c2)c1)N(Cc1ccccc1)[C@H](C)c1ccccc1. The molecule has 4 aromatic rings. The molecule has 4 rings (SSSR count). The molecule has 0 heterocycles. The fourth-order valence-corrected chi connectivity index (χ4v) is 4.81. The number of hydrogen-bond donors (Lipinski definition) is 0. The van der Waals surface area contributed by atoms with Crippen LogP contribution in [0.5, 0.6) is 5.75 Å². The van der Waals surface area contributed by atoms with E-state index in [4.69, 9.17) is 9.47 Å². The number of esters is 1. The summed E-state index contributed by atoms with van der Waals surface area (Å²) in [6.07, 6.45) is 0.0961. The highest BCUT2D eigenvalue weighted by Crippen LogP contribution is 2.37. The molecule has 0 saturated carbocycles. The molecule has 0 N–H and O–H groups in total. The van der Waals surface area contributed by atoms with Crippen molar-refractivity contribution in [3.63, 3.8) is 0 Å². The maximum Gasteiger partial charge on any atom is 0.307 e. The van der Waals surface area contributed by atoms with Crippen molar-refractivity contribution in [2.45, 2.75) is 38.9 Å². The molecule has 1 unspecified atom stereocenters.